The van der Waals surface area contributed by atoms with E-state index in [1.807, 2.05) is 99.6 Å². The molecule has 1 amide bonds. The molecule has 4 rings (SSSR count). The van der Waals surface area contributed by atoms with E-state index in [-0.39, 0.29) is 11.7 Å². The number of aromatic nitrogens is 1. The van der Waals surface area contributed by atoms with Gasteiger partial charge in [0.1, 0.15) is 5.60 Å². The topological polar surface area (TPSA) is 88.5 Å². The number of carbonyl (C=O) groups is 2. The Morgan fingerprint density at radius 1 is 0.875 bits per heavy atom. The van der Waals surface area contributed by atoms with Gasteiger partial charge in [-0.15, -0.1) is 11.3 Å². The second-order valence-electron chi connectivity index (χ2n) is 10.9. The monoisotopic (exact) mass is 556 g/mol. The van der Waals surface area contributed by atoms with Crippen LogP contribution in [0.5, 0.6) is 0 Å². The minimum Gasteiger partial charge on any atom is -0.444 e. The third kappa shape index (κ3) is 8.60. The van der Waals surface area contributed by atoms with Crippen molar-refractivity contribution in [1.82, 2.24) is 10.3 Å². The number of rotatable bonds is 11. The lowest BCUT2D eigenvalue weighted by Gasteiger charge is -2.29. The predicted octanol–water partition coefficient (Wildman–Crippen LogP) is 6.59. The van der Waals surface area contributed by atoms with Crippen LogP contribution < -0.4 is 5.32 Å². The molecule has 3 aromatic carbocycles. The summed E-state index contributed by atoms with van der Waals surface area (Å²) in [5.41, 5.74) is 2.05. The first-order valence-corrected chi connectivity index (χ1v) is 14.3. The molecule has 2 N–H and O–H groups in total. The smallest absolute Gasteiger partial charge is 0.407 e. The van der Waals surface area contributed by atoms with Crippen molar-refractivity contribution in [2.24, 2.45) is 0 Å². The van der Waals surface area contributed by atoms with Crippen molar-refractivity contribution in [3.05, 3.63) is 124 Å². The second kappa shape index (κ2) is 13.5. The highest BCUT2D eigenvalue weighted by Gasteiger charge is 2.29. The van der Waals surface area contributed by atoms with E-state index >= 15 is 0 Å². The summed E-state index contributed by atoms with van der Waals surface area (Å²) < 4.78 is 5.50. The molecular formula is C33H36N2O4S. The highest BCUT2D eigenvalue weighted by molar-refractivity contribution is 7.13. The molecule has 0 saturated heterocycles. The third-order valence-electron chi connectivity index (χ3n) is 6.45. The van der Waals surface area contributed by atoms with Gasteiger partial charge in [0.25, 0.3) is 0 Å². The number of benzene rings is 3. The molecule has 3 atom stereocenters. The second-order valence-corrected chi connectivity index (χ2v) is 12.0. The molecule has 0 aliphatic carbocycles. The average molecular weight is 557 g/mol. The zero-order chi connectivity index (χ0) is 28.5. The van der Waals surface area contributed by atoms with Gasteiger partial charge in [-0.05, 0) is 51.2 Å². The van der Waals surface area contributed by atoms with Crippen LogP contribution >= 0.6 is 11.3 Å². The van der Waals surface area contributed by atoms with E-state index in [2.05, 4.69) is 10.3 Å². The van der Waals surface area contributed by atoms with Gasteiger partial charge >= 0.3 is 6.09 Å². The number of ketones is 1. The summed E-state index contributed by atoms with van der Waals surface area (Å²) >= 11 is 1.36. The Bertz CT molecular complexity index is 1370. The number of thiazole rings is 1. The first kappa shape index (κ1) is 29.2. The largest absolute Gasteiger partial charge is 0.444 e. The molecule has 40 heavy (non-hydrogen) atoms. The number of aliphatic hydroxyl groups excluding tert-OH is 1. The lowest BCUT2D eigenvalue weighted by Crippen LogP contribution is -2.47. The van der Waals surface area contributed by atoms with E-state index in [1.54, 1.807) is 18.3 Å². The number of nitrogens with zero attached hydrogens (tertiary/aromatic N) is 1. The third-order valence-corrected chi connectivity index (χ3v) is 7.61. The fourth-order valence-corrected chi connectivity index (χ4v) is 5.54. The number of amides is 1. The van der Waals surface area contributed by atoms with Gasteiger partial charge in [0, 0.05) is 17.7 Å². The molecule has 6 nitrogen and oxygen atoms in total. The molecule has 2 unspecified atom stereocenters. The van der Waals surface area contributed by atoms with Crippen molar-refractivity contribution in [1.29, 1.82) is 0 Å². The Morgan fingerprint density at radius 3 is 2.00 bits per heavy atom. The number of carbonyl (C=O) groups excluding carboxylic acids is 2. The molecule has 7 heteroatoms. The normalized spacial score (nSPS) is 13.7. The summed E-state index contributed by atoms with van der Waals surface area (Å²) in [6.07, 6.45) is 1.58. The standard InChI is InChI=1S/C33H36N2O4S/c1-33(2,3)39-32(38)35-27(20-24-15-9-5-10-16-24)28(36)21-26(19-23-13-7-4-8-14-23)31-34-22-29(40-31)30(37)25-17-11-6-12-18-25/h4-18,22,26-28,36H,19-21H2,1-3H3,(H,35,38)/t26?,27?,28-/m0/s1. The fourth-order valence-electron chi connectivity index (χ4n) is 4.55. The van der Waals surface area contributed by atoms with E-state index in [0.717, 1.165) is 16.1 Å². The Labute approximate surface area is 240 Å². The number of nitrogens with one attached hydrogen (secondary N) is 1. The maximum atomic E-state index is 13.1. The van der Waals surface area contributed by atoms with Crippen molar-refractivity contribution in [2.45, 2.75) is 63.7 Å². The fraction of sp³-hybridized carbons (Fsp3) is 0.303. The van der Waals surface area contributed by atoms with Crippen LogP contribution in [0, 0.1) is 0 Å². The maximum absolute atomic E-state index is 13.1. The number of aliphatic hydroxyl groups is 1. The Kier molecular flexibility index (Phi) is 9.85. The van der Waals surface area contributed by atoms with Crippen LogP contribution in [-0.4, -0.2) is 39.7 Å². The van der Waals surface area contributed by atoms with Crippen molar-refractivity contribution in [3.8, 4) is 0 Å². The first-order chi connectivity index (χ1) is 19.2. The molecular weight excluding hydrogens is 520 g/mol. The number of ether oxygens (including phenoxy) is 1. The summed E-state index contributed by atoms with van der Waals surface area (Å²) in [4.78, 5) is 31.0. The average Bonchev–Trinajstić information content (AvgIpc) is 3.43. The van der Waals surface area contributed by atoms with Gasteiger partial charge in [-0.25, -0.2) is 9.78 Å². The summed E-state index contributed by atoms with van der Waals surface area (Å²) in [5.74, 6) is -0.240. The van der Waals surface area contributed by atoms with Gasteiger partial charge in [0.05, 0.1) is 22.0 Å². The summed E-state index contributed by atoms with van der Waals surface area (Å²) in [6, 6.07) is 28.3. The van der Waals surface area contributed by atoms with Gasteiger partial charge in [0.15, 0.2) is 0 Å². The van der Waals surface area contributed by atoms with Gasteiger partial charge in [-0.3, -0.25) is 4.79 Å². The minimum absolute atomic E-state index is 0.0723. The molecule has 0 fully saturated rings. The highest BCUT2D eigenvalue weighted by Crippen LogP contribution is 2.31. The molecule has 4 aromatic rings. The minimum atomic E-state index is -0.890. The van der Waals surface area contributed by atoms with Crippen LogP contribution in [0.1, 0.15) is 64.5 Å². The lowest BCUT2D eigenvalue weighted by atomic mass is 9.89. The molecule has 208 valence electrons. The van der Waals surface area contributed by atoms with E-state index in [1.165, 1.54) is 11.3 Å². The van der Waals surface area contributed by atoms with Crippen molar-refractivity contribution in [3.63, 3.8) is 0 Å². The Hall–Kier alpha value is -3.81. The summed E-state index contributed by atoms with van der Waals surface area (Å²) in [7, 11) is 0. The zero-order valence-electron chi connectivity index (χ0n) is 23.1. The lowest BCUT2D eigenvalue weighted by molar-refractivity contribution is 0.0405. The quantitative estimate of drug-likeness (QED) is 0.204. The molecule has 1 aromatic heterocycles. The van der Waals surface area contributed by atoms with Gasteiger partial charge in [-0.1, -0.05) is 91.0 Å². The van der Waals surface area contributed by atoms with Crippen LogP contribution in [-0.2, 0) is 17.6 Å². The van der Waals surface area contributed by atoms with Gasteiger partial charge < -0.3 is 15.2 Å². The number of hydrogen-bond acceptors (Lipinski definition) is 6. The van der Waals surface area contributed by atoms with E-state index in [0.29, 0.717) is 29.7 Å². The summed E-state index contributed by atoms with van der Waals surface area (Å²) in [6.45, 7) is 5.42. The van der Waals surface area contributed by atoms with Crippen LogP contribution in [0.25, 0.3) is 0 Å². The SMILES string of the molecule is CC(C)(C)OC(=O)NC(Cc1ccccc1)[C@@H](O)CC(Cc1ccccc1)c1ncc(C(=O)c2ccccc2)s1. The highest BCUT2D eigenvalue weighted by atomic mass is 32.1. The van der Waals surface area contributed by atoms with Crippen LogP contribution in [0.2, 0.25) is 0 Å². The predicted molar refractivity (Wildman–Crippen MR) is 159 cm³/mol. The van der Waals surface area contributed by atoms with Gasteiger partial charge in [-0.2, -0.15) is 0 Å². The van der Waals surface area contributed by atoms with E-state index in [4.69, 9.17) is 4.74 Å². The summed E-state index contributed by atoms with van der Waals surface area (Å²) in [5, 5.41) is 15.2. The zero-order valence-corrected chi connectivity index (χ0v) is 23.9. The first-order valence-electron chi connectivity index (χ1n) is 13.5. The van der Waals surface area contributed by atoms with Gasteiger partial charge in [0.2, 0.25) is 5.78 Å². The molecule has 0 aliphatic heterocycles. The molecule has 0 radical (unpaired) electrons. The van der Waals surface area contributed by atoms with Crippen LogP contribution in [0.3, 0.4) is 0 Å². The Balaban J connectivity index is 1.58. The van der Waals surface area contributed by atoms with Crippen molar-refractivity contribution in [2.75, 3.05) is 0 Å². The van der Waals surface area contributed by atoms with E-state index in [9.17, 15) is 14.7 Å². The molecule has 0 bridgehead atoms. The molecule has 0 spiro atoms. The van der Waals surface area contributed by atoms with Crippen LogP contribution in [0.15, 0.2) is 97.2 Å². The maximum Gasteiger partial charge on any atom is 0.407 e. The molecule has 1 heterocycles. The molecule has 0 aliphatic rings. The van der Waals surface area contributed by atoms with E-state index < -0.39 is 23.8 Å². The number of alkyl carbamates (subject to hydrolysis) is 1. The number of hydrogen-bond donors (Lipinski definition) is 2. The van der Waals surface area contributed by atoms with Crippen LogP contribution in [0.4, 0.5) is 4.79 Å². The van der Waals surface area contributed by atoms with Crippen molar-refractivity contribution >= 4 is 23.2 Å². The van der Waals surface area contributed by atoms with Crippen molar-refractivity contribution < 1.29 is 19.4 Å². The Morgan fingerprint density at radius 2 is 1.43 bits per heavy atom. The molecule has 0 saturated carbocycles.